The average molecular weight is 278 g/mol. The van der Waals surface area contributed by atoms with E-state index in [0.717, 1.165) is 22.4 Å². The van der Waals surface area contributed by atoms with E-state index in [1.54, 1.807) is 0 Å². The molecule has 0 fully saturated rings. The molecule has 0 saturated carbocycles. The van der Waals surface area contributed by atoms with Crippen LogP contribution in [0.15, 0.2) is 24.4 Å². The molecule has 0 spiro atoms. The summed E-state index contributed by atoms with van der Waals surface area (Å²) in [6.45, 7) is 6.94. The third kappa shape index (κ3) is 2.82. The van der Waals surface area contributed by atoms with Gasteiger partial charge in [-0.15, -0.1) is 0 Å². The fraction of sp³-hybridized carbons (Fsp3) is 0.400. The van der Waals surface area contributed by atoms with E-state index >= 15 is 0 Å². The van der Waals surface area contributed by atoms with Crippen molar-refractivity contribution in [2.75, 3.05) is 0 Å². The van der Waals surface area contributed by atoms with E-state index in [9.17, 15) is 0 Å². The predicted octanol–water partition coefficient (Wildman–Crippen LogP) is 3.50. The van der Waals surface area contributed by atoms with E-state index in [1.807, 2.05) is 30.1 Å². The molecule has 2 aromatic rings. The Morgan fingerprint density at radius 2 is 2.00 bits per heavy atom. The number of aryl methyl sites for hydroxylation is 1. The maximum atomic E-state index is 6.12. The van der Waals surface area contributed by atoms with Crippen molar-refractivity contribution in [2.45, 2.75) is 32.7 Å². The molecule has 1 aromatic heterocycles. The normalized spacial score (nSPS) is 11.9. The lowest BCUT2D eigenvalue weighted by atomic mass is 9.87. The van der Waals surface area contributed by atoms with Crippen molar-refractivity contribution in [2.24, 2.45) is 12.8 Å². The van der Waals surface area contributed by atoms with Gasteiger partial charge in [0.25, 0.3) is 0 Å². The molecule has 0 bridgehead atoms. The molecular formula is C15H20ClN3. The minimum atomic E-state index is -0.000886. The Kier molecular flexibility index (Phi) is 3.70. The third-order valence-corrected chi connectivity index (χ3v) is 3.48. The number of hydrogen-bond acceptors (Lipinski definition) is 2. The van der Waals surface area contributed by atoms with Gasteiger partial charge in [0.05, 0.1) is 5.69 Å². The first-order valence-electron chi connectivity index (χ1n) is 6.36. The molecule has 0 amide bonds. The highest BCUT2D eigenvalue weighted by atomic mass is 35.5. The van der Waals surface area contributed by atoms with Gasteiger partial charge in [0.1, 0.15) is 0 Å². The lowest BCUT2D eigenvalue weighted by molar-refractivity contribution is 0.554. The van der Waals surface area contributed by atoms with Crippen LogP contribution in [0.4, 0.5) is 0 Å². The summed E-state index contributed by atoms with van der Waals surface area (Å²) in [6, 6.07) is 5.97. The van der Waals surface area contributed by atoms with Gasteiger partial charge < -0.3 is 5.73 Å². The number of rotatable bonds is 2. The lowest BCUT2D eigenvalue weighted by Crippen LogP contribution is -2.13. The van der Waals surface area contributed by atoms with Crippen LogP contribution in [0.25, 0.3) is 11.1 Å². The second kappa shape index (κ2) is 4.99. The number of benzene rings is 1. The summed E-state index contributed by atoms with van der Waals surface area (Å²) in [5, 5.41) is 5.30. The minimum Gasteiger partial charge on any atom is -0.326 e. The van der Waals surface area contributed by atoms with Crippen molar-refractivity contribution >= 4 is 11.6 Å². The van der Waals surface area contributed by atoms with E-state index in [2.05, 4.69) is 31.9 Å². The molecule has 1 heterocycles. The molecule has 3 nitrogen and oxygen atoms in total. The number of nitrogens with zero attached hydrogens (tertiary/aromatic N) is 2. The summed E-state index contributed by atoms with van der Waals surface area (Å²) in [5.41, 5.74) is 10.0. The maximum Gasteiger partial charge on any atom is 0.0756 e. The van der Waals surface area contributed by atoms with E-state index < -0.39 is 0 Å². The van der Waals surface area contributed by atoms with Crippen molar-refractivity contribution < 1.29 is 0 Å². The quantitative estimate of drug-likeness (QED) is 0.913. The van der Waals surface area contributed by atoms with Crippen LogP contribution in [0.5, 0.6) is 0 Å². The topological polar surface area (TPSA) is 43.8 Å². The highest BCUT2D eigenvalue weighted by Crippen LogP contribution is 2.33. The Morgan fingerprint density at radius 1 is 1.32 bits per heavy atom. The van der Waals surface area contributed by atoms with Crippen molar-refractivity contribution in [3.63, 3.8) is 0 Å². The van der Waals surface area contributed by atoms with Crippen LogP contribution in [0, 0.1) is 0 Å². The van der Waals surface area contributed by atoms with Crippen molar-refractivity contribution in [1.29, 1.82) is 0 Å². The average Bonchev–Trinajstić information content (AvgIpc) is 2.72. The monoisotopic (exact) mass is 277 g/mol. The summed E-state index contributed by atoms with van der Waals surface area (Å²) >= 11 is 6.12. The molecule has 0 saturated heterocycles. The SMILES string of the molecule is Cn1cc(-c2ccc(Cl)c(CN)c2)c(C(C)(C)C)n1. The second-order valence-electron chi connectivity index (χ2n) is 5.83. The Morgan fingerprint density at radius 3 is 2.58 bits per heavy atom. The van der Waals surface area contributed by atoms with Crippen LogP contribution >= 0.6 is 11.6 Å². The molecule has 0 aliphatic carbocycles. The molecule has 102 valence electrons. The van der Waals surface area contributed by atoms with E-state index in [0.29, 0.717) is 11.6 Å². The largest absolute Gasteiger partial charge is 0.326 e. The summed E-state index contributed by atoms with van der Waals surface area (Å²) in [6.07, 6.45) is 2.05. The van der Waals surface area contributed by atoms with Crippen molar-refractivity contribution in [1.82, 2.24) is 9.78 Å². The Labute approximate surface area is 119 Å². The maximum absolute atomic E-state index is 6.12. The lowest BCUT2D eigenvalue weighted by Gasteiger charge is -2.18. The smallest absolute Gasteiger partial charge is 0.0756 e. The standard InChI is InChI=1S/C15H20ClN3/c1-15(2,3)14-12(9-19(4)18-14)10-5-6-13(16)11(7-10)8-17/h5-7,9H,8,17H2,1-4H3. The zero-order valence-electron chi connectivity index (χ0n) is 11.9. The first kappa shape index (κ1) is 14.1. The highest BCUT2D eigenvalue weighted by Gasteiger charge is 2.22. The molecule has 0 unspecified atom stereocenters. The second-order valence-corrected chi connectivity index (χ2v) is 6.23. The minimum absolute atomic E-state index is 0.000886. The molecular weight excluding hydrogens is 258 g/mol. The number of hydrogen-bond donors (Lipinski definition) is 1. The van der Waals surface area contributed by atoms with Crippen LogP contribution < -0.4 is 5.73 Å². The Bertz CT molecular complexity index is 594. The summed E-state index contributed by atoms with van der Waals surface area (Å²) in [4.78, 5) is 0. The third-order valence-electron chi connectivity index (χ3n) is 3.12. The molecule has 19 heavy (non-hydrogen) atoms. The van der Waals surface area contributed by atoms with Crippen LogP contribution in [-0.4, -0.2) is 9.78 Å². The molecule has 1 aromatic carbocycles. The molecule has 0 aliphatic heterocycles. The summed E-state index contributed by atoms with van der Waals surface area (Å²) < 4.78 is 1.85. The fourth-order valence-electron chi connectivity index (χ4n) is 2.15. The van der Waals surface area contributed by atoms with Crippen LogP contribution in [-0.2, 0) is 19.0 Å². The zero-order chi connectivity index (χ0) is 14.2. The molecule has 2 rings (SSSR count). The van der Waals surface area contributed by atoms with Gasteiger partial charge in [-0.25, -0.2) is 0 Å². The fourth-order valence-corrected chi connectivity index (χ4v) is 2.35. The number of nitrogens with two attached hydrogens (primary N) is 1. The predicted molar refractivity (Wildman–Crippen MR) is 80.2 cm³/mol. The van der Waals surface area contributed by atoms with Gasteiger partial charge >= 0.3 is 0 Å². The summed E-state index contributed by atoms with van der Waals surface area (Å²) in [7, 11) is 1.94. The van der Waals surface area contributed by atoms with Gasteiger partial charge in [-0.05, 0) is 23.3 Å². The molecule has 0 atom stereocenters. The van der Waals surface area contributed by atoms with Crippen LogP contribution in [0.2, 0.25) is 5.02 Å². The van der Waals surface area contributed by atoms with Gasteiger partial charge in [-0.3, -0.25) is 4.68 Å². The van der Waals surface area contributed by atoms with Crippen LogP contribution in [0.3, 0.4) is 0 Å². The van der Waals surface area contributed by atoms with E-state index in [4.69, 9.17) is 17.3 Å². The zero-order valence-corrected chi connectivity index (χ0v) is 12.6. The van der Waals surface area contributed by atoms with Gasteiger partial charge in [0, 0.05) is 35.8 Å². The van der Waals surface area contributed by atoms with Crippen molar-refractivity contribution in [3.8, 4) is 11.1 Å². The molecule has 4 heteroatoms. The number of aromatic nitrogens is 2. The Hall–Kier alpha value is -1.32. The van der Waals surface area contributed by atoms with Gasteiger partial charge in [-0.2, -0.15) is 5.10 Å². The first-order valence-corrected chi connectivity index (χ1v) is 6.73. The highest BCUT2D eigenvalue weighted by molar-refractivity contribution is 6.31. The molecule has 2 N–H and O–H groups in total. The Balaban J connectivity index is 2.59. The van der Waals surface area contributed by atoms with Gasteiger partial charge in [-0.1, -0.05) is 38.4 Å². The van der Waals surface area contributed by atoms with E-state index in [1.165, 1.54) is 0 Å². The first-order chi connectivity index (χ1) is 8.82. The van der Waals surface area contributed by atoms with Gasteiger partial charge in [0.2, 0.25) is 0 Å². The molecule has 0 radical (unpaired) electrons. The molecule has 0 aliphatic rings. The van der Waals surface area contributed by atoms with Crippen LogP contribution in [0.1, 0.15) is 32.0 Å². The summed E-state index contributed by atoms with van der Waals surface area (Å²) in [5.74, 6) is 0. The van der Waals surface area contributed by atoms with Gasteiger partial charge in [0.15, 0.2) is 0 Å². The van der Waals surface area contributed by atoms with E-state index in [-0.39, 0.29) is 5.41 Å². The van der Waals surface area contributed by atoms with Crippen molar-refractivity contribution in [3.05, 3.63) is 40.7 Å². The number of halogens is 1.